The van der Waals surface area contributed by atoms with Gasteiger partial charge in [0.2, 0.25) is 0 Å². The summed E-state index contributed by atoms with van der Waals surface area (Å²) in [5, 5.41) is 14.6. The highest BCUT2D eigenvalue weighted by molar-refractivity contribution is 5.67. The largest absolute Gasteiger partial charge is 0.444 e. The Kier molecular flexibility index (Phi) is 13.4. The van der Waals surface area contributed by atoms with E-state index in [0.29, 0.717) is 6.54 Å². The quantitative estimate of drug-likeness (QED) is 0.184. The zero-order valence-corrected chi connectivity index (χ0v) is 25.8. The van der Waals surface area contributed by atoms with Gasteiger partial charge in [0.15, 0.2) is 0 Å². The molecule has 4 rings (SSSR count). The second-order valence-corrected chi connectivity index (χ2v) is 11.2. The number of amides is 2. The molecular weight excluding hydrogens is 556 g/mol. The van der Waals surface area contributed by atoms with Crippen LogP contribution in [0.5, 0.6) is 0 Å². The van der Waals surface area contributed by atoms with Crippen LogP contribution in [0.2, 0.25) is 0 Å². The number of benzene rings is 3. The van der Waals surface area contributed by atoms with Crippen molar-refractivity contribution in [3.8, 4) is 11.3 Å². The summed E-state index contributed by atoms with van der Waals surface area (Å²) in [6.07, 6.45) is -0.516. The number of hydrogen-bond acceptors (Lipinski definition) is 7. The zero-order chi connectivity index (χ0) is 31.8. The molecule has 1 unspecified atom stereocenters. The molecule has 4 aromatic rings. The lowest BCUT2D eigenvalue weighted by Crippen LogP contribution is -2.48. The summed E-state index contributed by atoms with van der Waals surface area (Å²) in [7, 11) is 0. The zero-order valence-electron chi connectivity index (χ0n) is 25.8. The standard InChI is InChI=1S/C28H34N4O5.C7H8/c1-28(2,3)37-26(34)30-17-24(33)19-32(31-27(35)36-20-22-9-5-4-6-10-22)18-21-12-14-23(15-13-21)25-11-7-8-16-29-25;1-7-5-3-2-4-6-7/h4-16,24,33H,17-20H2,1-3H3,(H,30,34)(H,31,35);2-6H,1H3. The Morgan fingerprint density at radius 3 is 2.05 bits per heavy atom. The molecule has 9 heteroatoms. The van der Waals surface area contributed by atoms with E-state index in [9.17, 15) is 14.7 Å². The van der Waals surface area contributed by atoms with E-state index in [0.717, 1.165) is 22.4 Å². The third-order valence-electron chi connectivity index (χ3n) is 6.00. The van der Waals surface area contributed by atoms with Crippen molar-refractivity contribution in [2.75, 3.05) is 13.1 Å². The Morgan fingerprint density at radius 1 is 0.841 bits per heavy atom. The van der Waals surface area contributed by atoms with Crippen molar-refractivity contribution in [2.45, 2.75) is 52.6 Å². The second-order valence-electron chi connectivity index (χ2n) is 11.2. The molecule has 232 valence electrons. The van der Waals surface area contributed by atoms with Crippen LogP contribution >= 0.6 is 0 Å². The molecule has 1 aromatic heterocycles. The lowest BCUT2D eigenvalue weighted by atomic mass is 10.1. The lowest BCUT2D eigenvalue weighted by molar-refractivity contribution is 0.0406. The minimum Gasteiger partial charge on any atom is -0.444 e. The van der Waals surface area contributed by atoms with E-state index in [2.05, 4.69) is 34.8 Å². The maximum atomic E-state index is 12.5. The van der Waals surface area contributed by atoms with E-state index in [1.165, 1.54) is 5.56 Å². The summed E-state index contributed by atoms with van der Waals surface area (Å²) in [4.78, 5) is 28.8. The summed E-state index contributed by atoms with van der Waals surface area (Å²) in [6.45, 7) is 7.76. The Hall–Kier alpha value is -4.73. The third kappa shape index (κ3) is 13.5. The molecule has 0 aliphatic carbocycles. The van der Waals surface area contributed by atoms with Crippen LogP contribution < -0.4 is 10.7 Å². The van der Waals surface area contributed by atoms with Crippen molar-refractivity contribution < 1.29 is 24.2 Å². The van der Waals surface area contributed by atoms with E-state index in [1.54, 1.807) is 32.0 Å². The Bertz CT molecular complexity index is 1400. The summed E-state index contributed by atoms with van der Waals surface area (Å²) in [5.74, 6) is 0. The predicted octanol–water partition coefficient (Wildman–Crippen LogP) is 6.27. The van der Waals surface area contributed by atoms with Crippen molar-refractivity contribution in [1.29, 1.82) is 0 Å². The van der Waals surface area contributed by atoms with Gasteiger partial charge in [-0.3, -0.25) is 10.4 Å². The minimum atomic E-state index is -0.977. The highest BCUT2D eigenvalue weighted by Crippen LogP contribution is 2.17. The first-order valence-corrected chi connectivity index (χ1v) is 14.5. The average Bonchev–Trinajstić information content (AvgIpc) is 3.00. The number of nitrogens with zero attached hydrogens (tertiary/aromatic N) is 2. The molecular formula is C35H42N4O5. The van der Waals surface area contributed by atoms with Crippen LogP contribution in [-0.4, -0.2) is 52.1 Å². The fraction of sp³-hybridized carbons (Fsp3) is 0.286. The van der Waals surface area contributed by atoms with Crippen LogP contribution in [-0.2, 0) is 22.6 Å². The van der Waals surface area contributed by atoms with Gasteiger partial charge in [0.1, 0.15) is 12.2 Å². The molecule has 0 fully saturated rings. The van der Waals surface area contributed by atoms with Gasteiger partial charge in [-0.25, -0.2) is 14.6 Å². The van der Waals surface area contributed by atoms with Crippen LogP contribution in [0.4, 0.5) is 9.59 Å². The molecule has 3 N–H and O–H groups in total. The average molecular weight is 599 g/mol. The number of ether oxygens (including phenoxy) is 2. The van der Waals surface area contributed by atoms with E-state index in [-0.39, 0.29) is 19.7 Å². The van der Waals surface area contributed by atoms with Gasteiger partial charge in [0, 0.05) is 31.4 Å². The maximum absolute atomic E-state index is 12.5. The first-order valence-electron chi connectivity index (χ1n) is 14.5. The molecule has 44 heavy (non-hydrogen) atoms. The number of nitrogens with one attached hydrogen (secondary N) is 2. The first kappa shape index (κ1) is 33.8. The van der Waals surface area contributed by atoms with Gasteiger partial charge in [0.05, 0.1) is 11.8 Å². The van der Waals surface area contributed by atoms with E-state index in [1.807, 2.05) is 91.0 Å². The number of carbonyl (C=O) groups excluding carboxylic acids is 2. The summed E-state index contributed by atoms with van der Waals surface area (Å²) < 4.78 is 10.5. The van der Waals surface area contributed by atoms with Crippen molar-refractivity contribution >= 4 is 12.2 Å². The molecule has 1 heterocycles. The van der Waals surface area contributed by atoms with Crippen molar-refractivity contribution in [1.82, 2.24) is 20.7 Å². The minimum absolute atomic E-state index is 0.0399. The van der Waals surface area contributed by atoms with Crippen LogP contribution in [0.15, 0.2) is 109 Å². The van der Waals surface area contributed by atoms with Crippen molar-refractivity contribution in [2.24, 2.45) is 0 Å². The number of aryl methyl sites for hydroxylation is 1. The van der Waals surface area contributed by atoms with Crippen LogP contribution in [0, 0.1) is 6.92 Å². The number of hydrogen-bond donors (Lipinski definition) is 3. The van der Waals surface area contributed by atoms with Crippen molar-refractivity contribution in [3.05, 3.63) is 126 Å². The van der Waals surface area contributed by atoms with Gasteiger partial charge in [-0.2, -0.15) is 0 Å². The van der Waals surface area contributed by atoms with Gasteiger partial charge in [-0.15, -0.1) is 0 Å². The number of aliphatic hydroxyl groups is 1. The Balaban J connectivity index is 0.000000662. The SMILES string of the molecule is CC(C)(C)OC(=O)NCC(O)CN(Cc1ccc(-c2ccccn2)cc1)NC(=O)OCc1ccccc1.Cc1ccccc1. The second kappa shape index (κ2) is 17.4. The molecule has 2 amide bonds. The fourth-order valence-electron chi connectivity index (χ4n) is 3.94. The molecule has 0 radical (unpaired) electrons. The summed E-state index contributed by atoms with van der Waals surface area (Å²) in [6, 6.07) is 33.1. The van der Waals surface area contributed by atoms with E-state index in [4.69, 9.17) is 9.47 Å². The molecule has 0 saturated heterocycles. The Morgan fingerprint density at radius 2 is 1.48 bits per heavy atom. The number of carbonyl (C=O) groups is 2. The van der Waals surface area contributed by atoms with Gasteiger partial charge in [-0.05, 0) is 51.0 Å². The highest BCUT2D eigenvalue weighted by atomic mass is 16.6. The van der Waals surface area contributed by atoms with Gasteiger partial charge in [-0.1, -0.05) is 96.6 Å². The van der Waals surface area contributed by atoms with Crippen LogP contribution in [0.1, 0.15) is 37.5 Å². The number of hydrazine groups is 1. The molecule has 0 aliphatic heterocycles. The fourth-order valence-corrected chi connectivity index (χ4v) is 3.94. The number of pyridine rings is 1. The van der Waals surface area contributed by atoms with Crippen molar-refractivity contribution in [3.63, 3.8) is 0 Å². The summed E-state index contributed by atoms with van der Waals surface area (Å²) in [5.41, 5.74) is 6.95. The smallest absolute Gasteiger partial charge is 0.422 e. The van der Waals surface area contributed by atoms with Crippen LogP contribution in [0.25, 0.3) is 11.3 Å². The molecule has 0 saturated carbocycles. The topological polar surface area (TPSA) is 113 Å². The van der Waals surface area contributed by atoms with E-state index >= 15 is 0 Å². The lowest BCUT2D eigenvalue weighted by Gasteiger charge is -2.26. The summed E-state index contributed by atoms with van der Waals surface area (Å²) >= 11 is 0. The van der Waals surface area contributed by atoms with Gasteiger partial charge >= 0.3 is 12.2 Å². The van der Waals surface area contributed by atoms with Gasteiger partial charge < -0.3 is 19.9 Å². The number of aromatic nitrogens is 1. The predicted molar refractivity (Wildman–Crippen MR) is 171 cm³/mol. The first-order chi connectivity index (χ1) is 21.1. The number of aliphatic hydroxyl groups excluding tert-OH is 1. The number of alkyl carbamates (subject to hydrolysis) is 1. The van der Waals surface area contributed by atoms with E-state index < -0.39 is 23.9 Å². The molecule has 9 nitrogen and oxygen atoms in total. The maximum Gasteiger partial charge on any atom is 0.422 e. The molecule has 3 aromatic carbocycles. The monoisotopic (exact) mass is 598 g/mol. The molecule has 0 spiro atoms. The molecule has 0 bridgehead atoms. The van der Waals surface area contributed by atoms with Crippen LogP contribution in [0.3, 0.4) is 0 Å². The molecule has 1 atom stereocenters. The third-order valence-corrected chi connectivity index (χ3v) is 6.00. The highest BCUT2D eigenvalue weighted by Gasteiger charge is 2.19. The normalized spacial score (nSPS) is 11.5. The van der Waals surface area contributed by atoms with Gasteiger partial charge in [0.25, 0.3) is 0 Å². The number of rotatable bonds is 10. The Labute approximate surface area is 259 Å². The molecule has 0 aliphatic rings.